The molecule has 2 heterocycles. The van der Waals surface area contributed by atoms with E-state index in [-0.39, 0.29) is 5.91 Å². The highest BCUT2D eigenvalue weighted by molar-refractivity contribution is 5.92. The minimum atomic E-state index is 0.0654. The Morgan fingerprint density at radius 3 is 2.74 bits per heavy atom. The molecule has 0 radical (unpaired) electrons. The third-order valence-electron chi connectivity index (χ3n) is 4.60. The minimum absolute atomic E-state index is 0.0654. The predicted molar refractivity (Wildman–Crippen MR) is 71.9 cm³/mol. The molecule has 4 heteroatoms. The van der Waals surface area contributed by atoms with E-state index < -0.39 is 0 Å². The molecule has 2 fully saturated rings. The summed E-state index contributed by atoms with van der Waals surface area (Å²) in [6.45, 7) is 2.71. The van der Waals surface area contributed by atoms with Crippen LogP contribution in [-0.2, 0) is 0 Å². The van der Waals surface area contributed by atoms with E-state index >= 15 is 0 Å². The van der Waals surface area contributed by atoms with Crippen LogP contribution in [0.1, 0.15) is 61.2 Å². The number of hydrogen-bond acceptors (Lipinski definition) is 3. The van der Waals surface area contributed by atoms with Crippen LogP contribution in [0.3, 0.4) is 0 Å². The first kappa shape index (κ1) is 12.7. The van der Waals surface area contributed by atoms with Gasteiger partial charge in [-0.1, -0.05) is 24.4 Å². The first-order valence-electron chi connectivity index (χ1n) is 7.50. The van der Waals surface area contributed by atoms with Gasteiger partial charge in [-0.15, -0.1) is 0 Å². The van der Waals surface area contributed by atoms with E-state index in [2.05, 4.69) is 10.1 Å². The van der Waals surface area contributed by atoms with Crippen molar-refractivity contribution in [2.75, 3.05) is 6.54 Å². The molecule has 2 atom stereocenters. The molecule has 1 aromatic rings. The van der Waals surface area contributed by atoms with Gasteiger partial charge < -0.3 is 9.42 Å². The van der Waals surface area contributed by atoms with Crippen molar-refractivity contribution >= 4 is 5.91 Å². The normalized spacial score (nSPS) is 27.7. The molecule has 0 aromatic carbocycles. The zero-order chi connectivity index (χ0) is 13.2. The number of hydrogen-bond donors (Lipinski definition) is 0. The second-order valence-electron chi connectivity index (χ2n) is 5.93. The summed E-state index contributed by atoms with van der Waals surface area (Å²) in [5.41, 5.74) is 0.476. The Hall–Kier alpha value is -1.32. The van der Waals surface area contributed by atoms with Crippen molar-refractivity contribution in [3.63, 3.8) is 0 Å². The number of carbonyl (C=O) groups excluding carboxylic acids is 1. The van der Waals surface area contributed by atoms with E-state index in [4.69, 9.17) is 4.52 Å². The molecule has 4 nitrogen and oxygen atoms in total. The summed E-state index contributed by atoms with van der Waals surface area (Å²) < 4.78 is 5.05. The molecule has 0 spiro atoms. The first-order chi connectivity index (χ1) is 9.25. The highest BCUT2D eigenvalue weighted by Gasteiger charge is 2.35. The lowest BCUT2D eigenvalue weighted by Crippen LogP contribution is -2.45. The monoisotopic (exact) mass is 262 g/mol. The van der Waals surface area contributed by atoms with Crippen LogP contribution < -0.4 is 0 Å². The molecule has 1 aromatic heterocycles. The summed E-state index contributed by atoms with van der Waals surface area (Å²) in [7, 11) is 0. The number of rotatable bonds is 1. The highest BCUT2D eigenvalue weighted by atomic mass is 16.5. The predicted octanol–water partition coefficient (Wildman–Crippen LogP) is 3.17. The van der Waals surface area contributed by atoms with Crippen molar-refractivity contribution in [3.05, 3.63) is 17.5 Å². The van der Waals surface area contributed by atoms with Crippen molar-refractivity contribution in [1.29, 1.82) is 0 Å². The molecule has 1 amide bonds. The average molecular weight is 262 g/mol. The maximum Gasteiger partial charge on any atom is 0.276 e. The van der Waals surface area contributed by atoms with Gasteiger partial charge in [0.1, 0.15) is 5.76 Å². The molecule has 1 aliphatic carbocycles. The van der Waals surface area contributed by atoms with Crippen LogP contribution in [0.5, 0.6) is 0 Å². The highest BCUT2D eigenvalue weighted by Crippen LogP contribution is 2.35. The van der Waals surface area contributed by atoms with Crippen LogP contribution in [0, 0.1) is 12.8 Å². The maximum absolute atomic E-state index is 12.6. The number of carbonyl (C=O) groups is 1. The Morgan fingerprint density at radius 1 is 1.26 bits per heavy atom. The Balaban J connectivity index is 1.82. The van der Waals surface area contributed by atoms with E-state index in [1.165, 1.54) is 32.1 Å². The summed E-state index contributed by atoms with van der Waals surface area (Å²) in [4.78, 5) is 14.7. The summed E-state index contributed by atoms with van der Waals surface area (Å²) >= 11 is 0. The lowest BCUT2D eigenvalue weighted by Gasteiger charge is -2.37. The molecule has 0 N–H and O–H groups in total. The van der Waals surface area contributed by atoms with E-state index in [1.807, 2.05) is 6.92 Å². The zero-order valence-electron chi connectivity index (χ0n) is 11.6. The van der Waals surface area contributed by atoms with E-state index in [9.17, 15) is 4.79 Å². The number of fused-ring (bicyclic) bond motifs is 1. The van der Waals surface area contributed by atoms with Gasteiger partial charge in [-0.05, 0) is 38.5 Å². The van der Waals surface area contributed by atoms with Gasteiger partial charge in [0, 0.05) is 18.7 Å². The number of aryl methyl sites for hydroxylation is 1. The first-order valence-corrected chi connectivity index (χ1v) is 7.50. The standard InChI is InChI=1S/C15H22N2O2/c1-11-10-13(16-19-11)15(18)17-9-5-4-7-12-6-2-3-8-14(12)17/h10,12,14H,2-9H2,1H3/t12-,14+/m0/s1. The lowest BCUT2D eigenvalue weighted by molar-refractivity contribution is 0.0559. The number of nitrogens with zero attached hydrogens (tertiary/aromatic N) is 2. The maximum atomic E-state index is 12.6. The Bertz CT molecular complexity index is 455. The van der Waals surface area contributed by atoms with Crippen molar-refractivity contribution in [2.24, 2.45) is 5.92 Å². The van der Waals surface area contributed by atoms with Gasteiger partial charge in [0.05, 0.1) is 0 Å². The average Bonchev–Trinajstić information content (AvgIpc) is 2.74. The summed E-state index contributed by atoms with van der Waals surface area (Å²) in [6, 6.07) is 2.19. The second-order valence-corrected chi connectivity index (χ2v) is 5.93. The molecule has 1 saturated heterocycles. The van der Waals surface area contributed by atoms with E-state index in [0.29, 0.717) is 23.4 Å². The zero-order valence-corrected chi connectivity index (χ0v) is 11.6. The molecule has 1 saturated carbocycles. The molecule has 1 aliphatic heterocycles. The molecule has 19 heavy (non-hydrogen) atoms. The van der Waals surface area contributed by atoms with Gasteiger partial charge in [0.2, 0.25) is 0 Å². The largest absolute Gasteiger partial charge is 0.361 e. The minimum Gasteiger partial charge on any atom is -0.361 e. The van der Waals surface area contributed by atoms with Gasteiger partial charge in [0.25, 0.3) is 5.91 Å². The Morgan fingerprint density at radius 2 is 2.00 bits per heavy atom. The van der Waals surface area contributed by atoms with Crippen LogP contribution in [0.15, 0.2) is 10.6 Å². The van der Waals surface area contributed by atoms with Crippen LogP contribution in [0.4, 0.5) is 0 Å². The number of likely N-dealkylation sites (tertiary alicyclic amines) is 1. The topological polar surface area (TPSA) is 46.3 Å². The van der Waals surface area contributed by atoms with Gasteiger partial charge in [-0.2, -0.15) is 0 Å². The molecular weight excluding hydrogens is 240 g/mol. The SMILES string of the molecule is Cc1cc(C(=O)N2CCCC[C@@H]3CCCC[C@H]32)no1. The van der Waals surface area contributed by atoms with Crippen LogP contribution >= 0.6 is 0 Å². The fraction of sp³-hybridized carbons (Fsp3) is 0.733. The molecule has 0 bridgehead atoms. The quantitative estimate of drug-likeness (QED) is 0.781. The molecular formula is C15H22N2O2. The fourth-order valence-electron chi connectivity index (χ4n) is 3.66. The van der Waals surface area contributed by atoms with E-state index in [1.54, 1.807) is 6.07 Å². The van der Waals surface area contributed by atoms with Gasteiger partial charge >= 0.3 is 0 Å². The summed E-state index contributed by atoms with van der Waals surface area (Å²) in [6.07, 6.45) is 8.68. The third kappa shape index (κ3) is 2.53. The smallest absolute Gasteiger partial charge is 0.276 e. The van der Waals surface area contributed by atoms with Gasteiger partial charge in [-0.25, -0.2) is 0 Å². The molecule has 0 unspecified atom stereocenters. The van der Waals surface area contributed by atoms with Crippen molar-refractivity contribution < 1.29 is 9.32 Å². The fourth-order valence-corrected chi connectivity index (χ4v) is 3.66. The molecule has 3 rings (SSSR count). The molecule has 2 aliphatic rings. The van der Waals surface area contributed by atoms with Crippen LogP contribution in [0.2, 0.25) is 0 Å². The Labute approximate surface area is 114 Å². The van der Waals surface area contributed by atoms with Gasteiger partial charge in [-0.3, -0.25) is 4.79 Å². The lowest BCUT2D eigenvalue weighted by atomic mass is 9.81. The van der Waals surface area contributed by atoms with Crippen molar-refractivity contribution in [1.82, 2.24) is 10.1 Å². The van der Waals surface area contributed by atoms with Gasteiger partial charge in [0.15, 0.2) is 5.69 Å². The van der Waals surface area contributed by atoms with Crippen molar-refractivity contribution in [2.45, 2.75) is 57.9 Å². The van der Waals surface area contributed by atoms with Crippen LogP contribution in [0.25, 0.3) is 0 Å². The Kier molecular flexibility index (Phi) is 3.58. The number of amides is 1. The summed E-state index contributed by atoms with van der Waals surface area (Å²) in [5, 5.41) is 3.89. The number of aromatic nitrogens is 1. The summed E-state index contributed by atoms with van der Waals surface area (Å²) in [5.74, 6) is 1.47. The second kappa shape index (κ2) is 5.35. The third-order valence-corrected chi connectivity index (χ3v) is 4.60. The molecule has 104 valence electrons. The van der Waals surface area contributed by atoms with Crippen LogP contribution in [-0.4, -0.2) is 28.6 Å². The van der Waals surface area contributed by atoms with Crippen molar-refractivity contribution in [3.8, 4) is 0 Å². The van der Waals surface area contributed by atoms with E-state index in [0.717, 1.165) is 19.4 Å².